The summed E-state index contributed by atoms with van der Waals surface area (Å²) in [5.74, 6) is 0.478. The minimum absolute atomic E-state index is 0.203. The van der Waals surface area contributed by atoms with E-state index in [0.29, 0.717) is 23.7 Å². The zero-order valence-corrected chi connectivity index (χ0v) is 11.9. The SMILES string of the molecule is COCC(N)C(=O)NCCc1ccc(OC)cc1Cl. The summed E-state index contributed by atoms with van der Waals surface area (Å²) >= 11 is 6.10. The summed E-state index contributed by atoms with van der Waals surface area (Å²) in [7, 11) is 3.09. The number of carbonyl (C=O) groups excluding carboxylic acids is 1. The quantitative estimate of drug-likeness (QED) is 0.784. The molecule has 6 heteroatoms. The van der Waals surface area contributed by atoms with Gasteiger partial charge in [-0.3, -0.25) is 4.79 Å². The minimum atomic E-state index is -0.642. The minimum Gasteiger partial charge on any atom is -0.497 e. The smallest absolute Gasteiger partial charge is 0.239 e. The molecular formula is C13H19ClN2O3. The third-order valence-corrected chi connectivity index (χ3v) is 2.99. The average Bonchev–Trinajstić information content (AvgIpc) is 2.40. The van der Waals surface area contributed by atoms with E-state index in [0.717, 1.165) is 5.56 Å². The molecule has 19 heavy (non-hydrogen) atoms. The van der Waals surface area contributed by atoms with E-state index in [4.69, 9.17) is 26.8 Å². The maximum absolute atomic E-state index is 11.5. The zero-order chi connectivity index (χ0) is 14.3. The van der Waals surface area contributed by atoms with Crippen molar-refractivity contribution in [1.82, 2.24) is 5.32 Å². The van der Waals surface area contributed by atoms with Crippen LogP contribution in [0.2, 0.25) is 5.02 Å². The van der Waals surface area contributed by atoms with Gasteiger partial charge in [-0.05, 0) is 24.1 Å². The first-order chi connectivity index (χ1) is 9.08. The Labute approximate surface area is 118 Å². The van der Waals surface area contributed by atoms with E-state index in [1.807, 2.05) is 12.1 Å². The van der Waals surface area contributed by atoms with Gasteiger partial charge in [0.1, 0.15) is 11.8 Å². The number of hydrogen-bond donors (Lipinski definition) is 2. The summed E-state index contributed by atoms with van der Waals surface area (Å²) in [6, 6.07) is 4.81. The van der Waals surface area contributed by atoms with Gasteiger partial charge >= 0.3 is 0 Å². The second-order valence-corrected chi connectivity index (χ2v) is 4.47. The number of methoxy groups -OCH3 is 2. The molecule has 0 aliphatic heterocycles. The molecule has 0 radical (unpaired) electrons. The fraction of sp³-hybridized carbons (Fsp3) is 0.462. The van der Waals surface area contributed by atoms with Crippen molar-refractivity contribution >= 4 is 17.5 Å². The van der Waals surface area contributed by atoms with Gasteiger partial charge in [-0.2, -0.15) is 0 Å². The van der Waals surface area contributed by atoms with Gasteiger partial charge in [-0.25, -0.2) is 0 Å². The van der Waals surface area contributed by atoms with Gasteiger partial charge in [0.25, 0.3) is 0 Å². The topological polar surface area (TPSA) is 73.6 Å². The summed E-state index contributed by atoms with van der Waals surface area (Å²) in [6.07, 6.45) is 0.633. The number of ether oxygens (including phenoxy) is 2. The summed E-state index contributed by atoms with van der Waals surface area (Å²) < 4.78 is 9.88. The molecular weight excluding hydrogens is 268 g/mol. The molecule has 0 fully saturated rings. The molecule has 0 spiro atoms. The lowest BCUT2D eigenvalue weighted by Gasteiger charge is -2.12. The Morgan fingerprint density at radius 3 is 2.79 bits per heavy atom. The van der Waals surface area contributed by atoms with Gasteiger partial charge in [-0.1, -0.05) is 17.7 Å². The molecule has 0 heterocycles. The molecule has 1 atom stereocenters. The first-order valence-corrected chi connectivity index (χ1v) is 6.31. The Morgan fingerprint density at radius 1 is 1.47 bits per heavy atom. The van der Waals surface area contributed by atoms with E-state index in [1.165, 1.54) is 7.11 Å². The summed E-state index contributed by atoms with van der Waals surface area (Å²) in [6.45, 7) is 0.678. The van der Waals surface area contributed by atoms with E-state index in [-0.39, 0.29) is 12.5 Å². The number of carbonyl (C=O) groups is 1. The molecule has 0 saturated heterocycles. The van der Waals surface area contributed by atoms with Crippen LogP contribution in [0.3, 0.4) is 0 Å². The van der Waals surface area contributed by atoms with Crippen molar-refractivity contribution in [1.29, 1.82) is 0 Å². The van der Waals surface area contributed by atoms with Crippen LogP contribution in [-0.4, -0.2) is 39.3 Å². The first-order valence-electron chi connectivity index (χ1n) is 5.93. The zero-order valence-electron chi connectivity index (χ0n) is 11.1. The number of hydrogen-bond acceptors (Lipinski definition) is 4. The van der Waals surface area contributed by atoms with E-state index < -0.39 is 6.04 Å². The molecule has 106 valence electrons. The Bertz CT molecular complexity index is 426. The van der Waals surface area contributed by atoms with Crippen LogP contribution in [0.4, 0.5) is 0 Å². The van der Waals surface area contributed by atoms with Crippen LogP contribution in [0.1, 0.15) is 5.56 Å². The van der Waals surface area contributed by atoms with E-state index in [9.17, 15) is 4.79 Å². The van der Waals surface area contributed by atoms with Crippen molar-refractivity contribution in [3.8, 4) is 5.75 Å². The Hall–Kier alpha value is -1.30. The maximum atomic E-state index is 11.5. The van der Waals surface area contributed by atoms with Crippen molar-refractivity contribution in [2.45, 2.75) is 12.5 Å². The molecule has 5 nitrogen and oxygen atoms in total. The van der Waals surface area contributed by atoms with Crippen LogP contribution in [0.15, 0.2) is 18.2 Å². The average molecular weight is 287 g/mol. The molecule has 1 aromatic rings. The van der Waals surface area contributed by atoms with Crippen LogP contribution in [0, 0.1) is 0 Å². The van der Waals surface area contributed by atoms with Crippen molar-refractivity contribution in [2.24, 2.45) is 5.73 Å². The molecule has 1 aromatic carbocycles. The van der Waals surface area contributed by atoms with Crippen molar-refractivity contribution in [3.63, 3.8) is 0 Å². The highest BCUT2D eigenvalue weighted by Crippen LogP contribution is 2.22. The van der Waals surface area contributed by atoms with Crippen LogP contribution in [0.25, 0.3) is 0 Å². The molecule has 0 saturated carbocycles. The van der Waals surface area contributed by atoms with Gasteiger partial charge in [-0.15, -0.1) is 0 Å². The fourth-order valence-electron chi connectivity index (χ4n) is 1.56. The number of halogens is 1. The standard InChI is InChI=1S/C13H19ClN2O3/c1-18-8-12(15)13(17)16-6-5-9-3-4-10(19-2)7-11(9)14/h3-4,7,12H,5-6,8,15H2,1-2H3,(H,16,17). The molecule has 0 aliphatic rings. The largest absolute Gasteiger partial charge is 0.497 e. The molecule has 1 unspecified atom stereocenters. The second-order valence-electron chi connectivity index (χ2n) is 4.06. The molecule has 1 amide bonds. The van der Waals surface area contributed by atoms with Crippen LogP contribution in [0.5, 0.6) is 5.75 Å². The highest BCUT2D eigenvalue weighted by molar-refractivity contribution is 6.31. The lowest BCUT2D eigenvalue weighted by atomic mass is 10.1. The highest BCUT2D eigenvalue weighted by atomic mass is 35.5. The molecule has 0 bridgehead atoms. The predicted octanol–water partition coefficient (Wildman–Crippen LogP) is 0.981. The second kappa shape index (κ2) is 7.99. The lowest BCUT2D eigenvalue weighted by molar-refractivity contribution is -0.123. The van der Waals surface area contributed by atoms with Crippen molar-refractivity contribution in [3.05, 3.63) is 28.8 Å². The summed E-state index contributed by atoms with van der Waals surface area (Å²) in [4.78, 5) is 11.5. The molecule has 0 aromatic heterocycles. The predicted molar refractivity (Wildman–Crippen MR) is 74.6 cm³/mol. The number of nitrogens with one attached hydrogen (secondary N) is 1. The van der Waals surface area contributed by atoms with E-state index in [2.05, 4.69) is 5.32 Å². The van der Waals surface area contributed by atoms with Crippen molar-refractivity contribution in [2.75, 3.05) is 27.4 Å². The highest BCUT2D eigenvalue weighted by Gasteiger charge is 2.12. The van der Waals surface area contributed by atoms with Gasteiger partial charge in [0.05, 0.1) is 13.7 Å². The van der Waals surface area contributed by atoms with Crippen LogP contribution < -0.4 is 15.8 Å². The maximum Gasteiger partial charge on any atom is 0.239 e. The summed E-state index contributed by atoms with van der Waals surface area (Å²) in [5, 5.41) is 3.36. The Kier molecular flexibility index (Phi) is 6.62. The number of nitrogens with two attached hydrogens (primary N) is 1. The monoisotopic (exact) mass is 286 g/mol. The lowest BCUT2D eigenvalue weighted by Crippen LogP contribution is -2.44. The van der Waals surface area contributed by atoms with Crippen molar-refractivity contribution < 1.29 is 14.3 Å². The molecule has 0 aliphatic carbocycles. The van der Waals surface area contributed by atoms with Gasteiger partial charge in [0, 0.05) is 18.7 Å². The third-order valence-electron chi connectivity index (χ3n) is 2.64. The van der Waals surface area contributed by atoms with Crippen LogP contribution >= 0.6 is 11.6 Å². The normalized spacial score (nSPS) is 12.0. The van der Waals surface area contributed by atoms with Gasteiger partial charge in [0.15, 0.2) is 0 Å². The first kappa shape index (κ1) is 15.8. The number of rotatable bonds is 7. The number of amides is 1. The van der Waals surface area contributed by atoms with E-state index >= 15 is 0 Å². The fourth-order valence-corrected chi connectivity index (χ4v) is 1.83. The van der Waals surface area contributed by atoms with Gasteiger partial charge in [0.2, 0.25) is 5.91 Å². The Balaban J connectivity index is 2.43. The molecule has 1 rings (SSSR count). The summed E-state index contributed by atoms with van der Waals surface area (Å²) in [5.41, 5.74) is 6.54. The Morgan fingerprint density at radius 2 is 2.21 bits per heavy atom. The number of benzene rings is 1. The molecule has 3 N–H and O–H groups in total. The van der Waals surface area contributed by atoms with Crippen LogP contribution in [-0.2, 0) is 16.0 Å². The van der Waals surface area contributed by atoms with E-state index in [1.54, 1.807) is 13.2 Å². The third kappa shape index (κ3) is 5.06. The van der Waals surface area contributed by atoms with Gasteiger partial charge < -0.3 is 20.5 Å².